The molecule has 2 N–H and O–H groups in total. The van der Waals surface area contributed by atoms with Gasteiger partial charge in [0.1, 0.15) is 5.75 Å². The minimum atomic E-state index is -1.22. The van der Waals surface area contributed by atoms with E-state index in [1.807, 2.05) is 6.07 Å². The smallest absolute Gasteiger partial charge is 0.330 e. The summed E-state index contributed by atoms with van der Waals surface area (Å²) < 4.78 is 16.0. The van der Waals surface area contributed by atoms with Crippen molar-refractivity contribution in [3.05, 3.63) is 53.8 Å². The average molecular weight is 382 g/mol. The highest BCUT2D eigenvalue weighted by molar-refractivity contribution is 5.81. The minimum absolute atomic E-state index is 0.118. The first-order valence-electron chi connectivity index (χ1n) is 8.24. The monoisotopic (exact) mass is 382 g/mol. The van der Waals surface area contributed by atoms with E-state index in [0.29, 0.717) is 17.0 Å². The number of nitrogens with one attached hydrogen (secondary N) is 1. The van der Waals surface area contributed by atoms with Crippen molar-refractivity contribution in [2.45, 2.75) is 13.0 Å². The van der Waals surface area contributed by atoms with E-state index in [1.54, 1.807) is 31.2 Å². The van der Waals surface area contributed by atoms with Crippen molar-refractivity contribution in [3.8, 4) is 23.3 Å². The maximum atomic E-state index is 12.0. The zero-order valence-corrected chi connectivity index (χ0v) is 15.3. The van der Waals surface area contributed by atoms with E-state index in [4.69, 9.17) is 19.5 Å². The normalized spacial score (nSPS) is 10.8. The van der Waals surface area contributed by atoms with Gasteiger partial charge >= 0.3 is 5.97 Å². The highest BCUT2D eigenvalue weighted by Crippen LogP contribution is 2.40. The molecule has 0 aliphatic heterocycles. The number of carbonyl (C=O) groups excluding carboxylic acids is 1. The summed E-state index contributed by atoms with van der Waals surface area (Å²) in [6.45, 7) is 1.97. The van der Waals surface area contributed by atoms with Crippen LogP contribution in [-0.2, 0) is 9.59 Å². The number of carbonyl (C=O) groups is 1. The van der Waals surface area contributed by atoms with Gasteiger partial charge < -0.3 is 24.6 Å². The molecule has 2 rings (SSSR count). The number of nitriles is 1. The summed E-state index contributed by atoms with van der Waals surface area (Å²) in [6.07, 6.45) is 0.797. The Morgan fingerprint density at radius 3 is 2.57 bits per heavy atom. The lowest BCUT2D eigenvalue weighted by Crippen LogP contribution is -2.21. The van der Waals surface area contributed by atoms with Crippen LogP contribution in [0.1, 0.15) is 24.1 Å². The van der Waals surface area contributed by atoms with Crippen molar-refractivity contribution in [2.24, 2.45) is 0 Å². The zero-order chi connectivity index (χ0) is 20.5. The molecule has 1 atom stereocenters. The largest absolute Gasteiger partial charge is 0.497 e. The quantitative estimate of drug-likeness (QED) is 0.502. The number of ether oxygens (including phenoxy) is 3. The van der Waals surface area contributed by atoms with Crippen LogP contribution >= 0.6 is 0 Å². The number of nitrogens with zero attached hydrogens (tertiary/aromatic N) is 1. The minimum Gasteiger partial charge on any atom is -0.497 e. The Balaban J connectivity index is 2.55. The molecule has 0 heterocycles. The van der Waals surface area contributed by atoms with Gasteiger partial charge in [0.05, 0.1) is 25.3 Å². The summed E-state index contributed by atoms with van der Waals surface area (Å²) in [4.78, 5) is 22.5. The molecular formula is C20H18N2O6. The van der Waals surface area contributed by atoms with Crippen molar-refractivity contribution in [1.29, 1.82) is 5.26 Å². The molecule has 0 aliphatic carbocycles. The third-order valence-electron chi connectivity index (χ3n) is 3.70. The molecule has 2 aromatic carbocycles. The second-order valence-electron chi connectivity index (χ2n) is 5.44. The second-order valence-corrected chi connectivity index (χ2v) is 5.44. The first kappa shape index (κ1) is 20.4. The molecule has 0 amide bonds. The summed E-state index contributed by atoms with van der Waals surface area (Å²) in [5.74, 6) is 0.916. The van der Waals surface area contributed by atoms with Crippen molar-refractivity contribution < 1.29 is 28.9 Å². The highest BCUT2D eigenvalue weighted by Gasteiger charge is 2.27. The molecule has 8 nitrogen and oxygen atoms in total. The van der Waals surface area contributed by atoms with Gasteiger partial charge in [0, 0.05) is 17.3 Å². The Morgan fingerprint density at radius 2 is 2.04 bits per heavy atom. The third-order valence-corrected chi connectivity index (χ3v) is 3.70. The van der Waals surface area contributed by atoms with Gasteiger partial charge in [-0.1, -0.05) is 0 Å². The molecule has 144 valence electrons. The van der Waals surface area contributed by atoms with Crippen LogP contribution in [-0.4, -0.2) is 30.7 Å². The van der Waals surface area contributed by atoms with Crippen molar-refractivity contribution in [2.75, 3.05) is 19.0 Å². The standard InChI is InChI=1S/C20H18N2O6/c1-3-27-19-16(10-15(26-2)11-17(19)28-9-8-23)18(20(24)25)22-14-6-4-13(12-21)5-7-14/h4-7,9-11,18,22H,3H2,1-2H3,(H,24,25). The third kappa shape index (κ3) is 4.81. The average Bonchev–Trinajstić information content (AvgIpc) is 2.71. The Kier molecular flexibility index (Phi) is 7.03. The fourth-order valence-electron chi connectivity index (χ4n) is 2.48. The van der Waals surface area contributed by atoms with E-state index in [1.165, 1.54) is 25.2 Å². The van der Waals surface area contributed by atoms with Gasteiger partial charge in [-0.2, -0.15) is 5.26 Å². The topological polar surface area (TPSA) is 118 Å². The molecule has 2 aromatic rings. The summed E-state index contributed by atoms with van der Waals surface area (Å²) in [5, 5.41) is 21.6. The second kappa shape index (κ2) is 9.67. The maximum Gasteiger partial charge on any atom is 0.330 e. The molecule has 0 saturated carbocycles. The van der Waals surface area contributed by atoms with Crippen LogP contribution in [0.15, 0.2) is 42.7 Å². The molecule has 0 fully saturated rings. The van der Waals surface area contributed by atoms with Crippen LogP contribution in [0.2, 0.25) is 0 Å². The van der Waals surface area contributed by atoms with E-state index in [0.717, 1.165) is 6.26 Å². The fourth-order valence-corrected chi connectivity index (χ4v) is 2.48. The number of anilines is 1. The lowest BCUT2D eigenvalue weighted by Gasteiger charge is -2.21. The van der Waals surface area contributed by atoms with E-state index in [2.05, 4.69) is 5.32 Å². The van der Waals surface area contributed by atoms with Crippen LogP contribution in [0.4, 0.5) is 5.69 Å². The molecule has 1 unspecified atom stereocenters. The molecular weight excluding hydrogens is 364 g/mol. The first-order valence-corrected chi connectivity index (χ1v) is 8.24. The number of rotatable bonds is 9. The Morgan fingerprint density at radius 1 is 1.32 bits per heavy atom. The van der Waals surface area contributed by atoms with E-state index in [9.17, 15) is 14.7 Å². The molecule has 8 heteroatoms. The molecule has 0 spiro atoms. The highest BCUT2D eigenvalue weighted by atomic mass is 16.5. The zero-order valence-electron chi connectivity index (χ0n) is 15.3. The number of aliphatic carboxylic acids is 1. The predicted octanol–water partition coefficient (Wildman–Crippen LogP) is 2.93. The number of methoxy groups -OCH3 is 1. The van der Waals surface area contributed by atoms with Gasteiger partial charge in [-0.3, -0.25) is 0 Å². The van der Waals surface area contributed by atoms with Gasteiger partial charge in [0.2, 0.25) is 0 Å². The number of hydrogen-bond acceptors (Lipinski definition) is 7. The first-order chi connectivity index (χ1) is 13.5. The van der Waals surface area contributed by atoms with Gasteiger partial charge in [0.15, 0.2) is 29.7 Å². The van der Waals surface area contributed by atoms with Crippen LogP contribution < -0.4 is 19.5 Å². The summed E-state index contributed by atoms with van der Waals surface area (Å²) >= 11 is 0. The van der Waals surface area contributed by atoms with Crippen LogP contribution in [0.3, 0.4) is 0 Å². The van der Waals surface area contributed by atoms with E-state index < -0.39 is 12.0 Å². The van der Waals surface area contributed by atoms with Crippen molar-refractivity contribution in [3.63, 3.8) is 0 Å². The summed E-state index contributed by atoms with van der Waals surface area (Å²) in [6, 6.07) is 10.1. The van der Waals surface area contributed by atoms with E-state index >= 15 is 0 Å². The molecule has 0 bridgehead atoms. The maximum absolute atomic E-state index is 12.0. The van der Waals surface area contributed by atoms with Gasteiger partial charge in [-0.15, -0.1) is 0 Å². The summed E-state index contributed by atoms with van der Waals surface area (Å²) in [5.41, 5.74) is 1.18. The van der Waals surface area contributed by atoms with Crippen LogP contribution in [0.25, 0.3) is 0 Å². The molecule has 0 aliphatic rings. The number of benzene rings is 2. The Labute approximate surface area is 161 Å². The van der Waals surface area contributed by atoms with Crippen LogP contribution in [0.5, 0.6) is 17.2 Å². The fraction of sp³-hybridized carbons (Fsp3) is 0.200. The molecule has 0 radical (unpaired) electrons. The molecule has 0 saturated heterocycles. The van der Waals surface area contributed by atoms with E-state index in [-0.39, 0.29) is 23.7 Å². The molecule has 0 aromatic heterocycles. The van der Waals surface area contributed by atoms with Gasteiger partial charge in [-0.25, -0.2) is 9.59 Å². The van der Waals surface area contributed by atoms with Gasteiger partial charge in [0.25, 0.3) is 0 Å². The summed E-state index contributed by atoms with van der Waals surface area (Å²) in [7, 11) is 1.42. The number of carboxylic acids is 1. The number of hydrogen-bond donors (Lipinski definition) is 2. The van der Waals surface area contributed by atoms with Crippen molar-refractivity contribution >= 4 is 17.6 Å². The lowest BCUT2D eigenvalue weighted by atomic mass is 10.0. The number of carboxylic acid groups (broad SMARTS) is 1. The van der Waals surface area contributed by atoms with Crippen LogP contribution in [0, 0.1) is 11.3 Å². The predicted molar refractivity (Wildman–Crippen MR) is 100 cm³/mol. The SMILES string of the molecule is CCOc1c(OC=C=O)cc(OC)cc1C(Nc1ccc(C#N)cc1)C(=O)O. The van der Waals surface area contributed by atoms with Gasteiger partial charge in [-0.05, 0) is 37.3 Å². The lowest BCUT2D eigenvalue weighted by molar-refractivity contribution is -0.138. The Bertz CT molecular complexity index is 927. The van der Waals surface area contributed by atoms with Crippen molar-refractivity contribution in [1.82, 2.24) is 0 Å². The Hall–Kier alpha value is -3.95. The molecule has 28 heavy (non-hydrogen) atoms.